The number of thiazole rings is 1. The number of hydrogen-bond donors (Lipinski definition) is 1. The Morgan fingerprint density at radius 2 is 2.07 bits per heavy atom. The largest absolute Gasteiger partial charge is 0.418 e. The van der Waals surface area contributed by atoms with Crippen LogP contribution in [0, 0.1) is 21.4 Å². The number of nitriles is 1. The van der Waals surface area contributed by atoms with Crippen LogP contribution in [-0.4, -0.2) is 9.91 Å². The molecule has 0 unspecified atom stereocenters. The standard InChI is InChI=1S/C19H10ClF3N4O2S/c20-13-4-5-16(15(7-13)19(21,22)23)25-9-12(8-24)18-26-17(10-30-18)11-2-1-3-14(6-11)27(28)29/h1-7,9-10,25H/b12-9+. The minimum Gasteiger partial charge on any atom is -0.360 e. The van der Waals surface area contributed by atoms with Crippen molar-refractivity contribution < 1.29 is 18.1 Å². The topological polar surface area (TPSA) is 91.8 Å². The summed E-state index contributed by atoms with van der Waals surface area (Å²) in [5.41, 5.74) is -0.464. The number of aromatic nitrogens is 1. The number of nitro benzene ring substituents is 1. The Labute approximate surface area is 177 Å². The number of non-ortho nitro benzene ring substituents is 1. The van der Waals surface area contributed by atoms with Crippen molar-refractivity contribution in [3.05, 3.63) is 79.8 Å². The maximum atomic E-state index is 13.2. The molecule has 0 bridgehead atoms. The lowest BCUT2D eigenvalue weighted by atomic mass is 10.1. The third-order valence-corrected chi connectivity index (χ3v) is 4.98. The number of allylic oxidation sites excluding steroid dienone is 1. The van der Waals surface area contributed by atoms with Crippen molar-refractivity contribution in [1.82, 2.24) is 4.98 Å². The van der Waals surface area contributed by atoms with Crippen molar-refractivity contribution in [2.45, 2.75) is 6.18 Å². The van der Waals surface area contributed by atoms with E-state index in [-0.39, 0.29) is 27.0 Å². The molecule has 2 aromatic carbocycles. The molecule has 0 atom stereocenters. The van der Waals surface area contributed by atoms with Gasteiger partial charge in [-0.2, -0.15) is 18.4 Å². The van der Waals surface area contributed by atoms with Crippen LogP contribution in [0.5, 0.6) is 0 Å². The molecule has 30 heavy (non-hydrogen) atoms. The molecule has 0 aliphatic heterocycles. The highest BCUT2D eigenvalue weighted by Gasteiger charge is 2.33. The molecule has 3 aromatic rings. The minimum absolute atomic E-state index is 0.000227. The number of halogens is 4. The van der Waals surface area contributed by atoms with Gasteiger partial charge >= 0.3 is 6.18 Å². The van der Waals surface area contributed by atoms with Crippen LogP contribution in [0.3, 0.4) is 0 Å². The molecule has 0 saturated heterocycles. The lowest BCUT2D eigenvalue weighted by Gasteiger charge is -2.13. The van der Waals surface area contributed by atoms with E-state index in [1.54, 1.807) is 11.4 Å². The number of rotatable bonds is 5. The average molecular weight is 451 g/mol. The van der Waals surface area contributed by atoms with Crippen molar-refractivity contribution in [2.75, 3.05) is 5.32 Å². The second-order valence-electron chi connectivity index (χ2n) is 5.85. The predicted molar refractivity (Wildman–Crippen MR) is 108 cm³/mol. The van der Waals surface area contributed by atoms with Gasteiger partial charge < -0.3 is 5.32 Å². The van der Waals surface area contributed by atoms with Crippen molar-refractivity contribution in [3.63, 3.8) is 0 Å². The molecule has 3 rings (SSSR count). The normalized spacial score (nSPS) is 11.8. The van der Waals surface area contributed by atoms with Gasteiger partial charge in [0.05, 0.1) is 21.9 Å². The second-order valence-corrected chi connectivity index (χ2v) is 7.14. The molecule has 0 aliphatic carbocycles. The summed E-state index contributed by atoms with van der Waals surface area (Å²) in [5.74, 6) is 0. The van der Waals surface area contributed by atoms with Crippen molar-refractivity contribution in [1.29, 1.82) is 5.26 Å². The number of alkyl halides is 3. The maximum absolute atomic E-state index is 13.2. The van der Waals surface area contributed by atoms with Gasteiger partial charge in [0.15, 0.2) is 0 Å². The Kier molecular flexibility index (Phi) is 6.05. The van der Waals surface area contributed by atoms with Crippen LogP contribution in [-0.2, 0) is 6.18 Å². The summed E-state index contributed by atoms with van der Waals surface area (Å²) < 4.78 is 39.6. The van der Waals surface area contributed by atoms with Gasteiger partial charge in [-0.05, 0) is 18.2 Å². The van der Waals surface area contributed by atoms with Gasteiger partial charge in [-0.25, -0.2) is 4.98 Å². The number of benzene rings is 2. The first-order valence-corrected chi connectivity index (χ1v) is 9.39. The average Bonchev–Trinajstić information content (AvgIpc) is 3.19. The fourth-order valence-electron chi connectivity index (χ4n) is 2.48. The Bertz CT molecular complexity index is 1190. The van der Waals surface area contributed by atoms with Gasteiger partial charge in [-0.3, -0.25) is 10.1 Å². The predicted octanol–water partition coefficient (Wildman–Crippen LogP) is 6.37. The Hall–Kier alpha value is -3.42. The van der Waals surface area contributed by atoms with Crippen LogP contribution >= 0.6 is 22.9 Å². The molecule has 0 saturated carbocycles. The number of hydrogen-bond acceptors (Lipinski definition) is 6. The van der Waals surface area contributed by atoms with Gasteiger partial charge in [0.2, 0.25) is 0 Å². The van der Waals surface area contributed by atoms with E-state index in [1.165, 1.54) is 24.3 Å². The number of nitro groups is 1. The van der Waals surface area contributed by atoms with E-state index in [0.29, 0.717) is 11.3 Å². The molecule has 0 fully saturated rings. The summed E-state index contributed by atoms with van der Waals surface area (Å²) in [6.07, 6.45) is -3.52. The Balaban J connectivity index is 1.90. The highest BCUT2D eigenvalue weighted by atomic mass is 35.5. The molecule has 6 nitrogen and oxygen atoms in total. The van der Waals surface area contributed by atoms with Gasteiger partial charge in [0.25, 0.3) is 5.69 Å². The lowest BCUT2D eigenvalue weighted by Crippen LogP contribution is -2.08. The zero-order valence-electron chi connectivity index (χ0n) is 14.8. The highest BCUT2D eigenvalue weighted by Crippen LogP contribution is 2.37. The third-order valence-electron chi connectivity index (χ3n) is 3.87. The molecule has 152 valence electrons. The molecule has 0 spiro atoms. The Morgan fingerprint density at radius 3 is 2.73 bits per heavy atom. The van der Waals surface area contributed by atoms with Gasteiger partial charge in [-0.15, -0.1) is 11.3 Å². The first-order chi connectivity index (χ1) is 14.2. The SMILES string of the molecule is N#C/C(=C\Nc1ccc(Cl)cc1C(F)(F)F)c1nc(-c2cccc([N+](=O)[O-])c2)cs1. The van der Waals surface area contributed by atoms with Gasteiger partial charge in [0, 0.05) is 34.3 Å². The molecule has 0 amide bonds. The molecule has 1 aromatic heterocycles. The van der Waals surface area contributed by atoms with Crippen molar-refractivity contribution in [3.8, 4) is 17.3 Å². The first-order valence-electron chi connectivity index (χ1n) is 8.13. The summed E-state index contributed by atoms with van der Waals surface area (Å²) in [6.45, 7) is 0. The number of nitrogens with one attached hydrogen (secondary N) is 1. The molecular formula is C19H10ClF3N4O2S. The summed E-state index contributed by atoms with van der Waals surface area (Å²) in [7, 11) is 0. The molecule has 11 heteroatoms. The monoisotopic (exact) mass is 450 g/mol. The fraction of sp³-hybridized carbons (Fsp3) is 0.0526. The fourth-order valence-corrected chi connectivity index (χ4v) is 3.44. The summed E-state index contributed by atoms with van der Waals surface area (Å²) >= 11 is 6.74. The highest BCUT2D eigenvalue weighted by molar-refractivity contribution is 7.11. The quantitative estimate of drug-likeness (QED) is 0.277. The zero-order valence-corrected chi connectivity index (χ0v) is 16.3. The van der Waals surface area contributed by atoms with Crippen LogP contribution in [0.25, 0.3) is 16.8 Å². The van der Waals surface area contributed by atoms with Gasteiger partial charge in [-0.1, -0.05) is 23.7 Å². The Morgan fingerprint density at radius 1 is 1.30 bits per heavy atom. The van der Waals surface area contributed by atoms with E-state index in [2.05, 4.69) is 10.3 Å². The van der Waals surface area contributed by atoms with Crippen molar-refractivity contribution in [2.24, 2.45) is 0 Å². The van der Waals surface area contributed by atoms with Crippen molar-refractivity contribution >= 4 is 39.9 Å². The van der Waals surface area contributed by atoms with E-state index < -0.39 is 16.7 Å². The third kappa shape index (κ3) is 4.76. The van der Waals surface area contributed by atoms with E-state index in [4.69, 9.17) is 11.6 Å². The first kappa shape index (κ1) is 21.3. The molecular weight excluding hydrogens is 441 g/mol. The van der Waals surface area contributed by atoms with E-state index >= 15 is 0 Å². The van der Waals surface area contributed by atoms with Crippen LogP contribution in [0.2, 0.25) is 5.02 Å². The summed E-state index contributed by atoms with van der Waals surface area (Å²) in [4.78, 5) is 14.7. The zero-order chi connectivity index (χ0) is 21.9. The van der Waals surface area contributed by atoms with E-state index in [9.17, 15) is 28.5 Å². The molecule has 0 radical (unpaired) electrons. The lowest BCUT2D eigenvalue weighted by molar-refractivity contribution is -0.384. The molecule has 1 heterocycles. The second kappa shape index (κ2) is 8.52. The molecule has 0 aliphatic rings. The van der Waals surface area contributed by atoms with E-state index in [0.717, 1.165) is 29.7 Å². The summed E-state index contributed by atoms with van der Waals surface area (Å²) in [6, 6.07) is 10.9. The van der Waals surface area contributed by atoms with Gasteiger partial charge in [0.1, 0.15) is 16.6 Å². The smallest absolute Gasteiger partial charge is 0.360 e. The van der Waals surface area contributed by atoms with Crippen LogP contribution < -0.4 is 5.32 Å². The van der Waals surface area contributed by atoms with Crippen LogP contribution in [0.15, 0.2) is 54.0 Å². The van der Waals surface area contributed by atoms with E-state index in [1.807, 2.05) is 6.07 Å². The summed E-state index contributed by atoms with van der Waals surface area (Å²) in [5, 5.41) is 24.6. The van der Waals surface area contributed by atoms with Crippen LogP contribution in [0.4, 0.5) is 24.5 Å². The van der Waals surface area contributed by atoms with Crippen LogP contribution in [0.1, 0.15) is 10.6 Å². The molecule has 1 N–H and O–H groups in total. The number of nitrogens with zero attached hydrogens (tertiary/aromatic N) is 3. The minimum atomic E-state index is -4.63. The maximum Gasteiger partial charge on any atom is 0.418 e. The number of anilines is 1.